The van der Waals surface area contributed by atoms with Crippen molar-refractivity contribution in [2.75, 3.05) is 39.6 Å². The van der Waals surface area contributed by atoms with Crippen LogP contribution in [-0.2, 0) is 56.8 Å². The van der Waals surface area contributed by atoms with Gasteiger partial charge in [-0.25, -0.2) is 0 Å². The topological polar surface area (TPSA) is 475 Å². The van der Waals surface area contributed by atoms with Crippen LogP contribution in [0.25, 0.3) is 0 Å². The van der Waals surface area contributed by atoms with Crippen molar-refractivity contribution in [1.29, 1.82) is 0 Å². The van der Waals surface area contributed by atoms with Gasteiger partial charge in [0.05, 0.1) is 39.1 Å². The number of hydrogen-bond acceptors (Lipinski definition) is 30. The Morgan fingerprint density at radius 2 is 0.588 bits per heavy atom. The summed E-state index contributed by atoms with van der Waals surface area (Å²) in [5.74, 6) is 0. The molecule has 0 aromatic rings. The Hall–Kier alpha value is -1.20. The molecule has 0 radical (unpaired) electrons. The van der Waals surface area contributed by atoms with Crippen LogP contribution in [0.1, 0.15) is 13.8 Å². The maximum atomic E-state index is 11.8. The molecule has 12 unspecified atom stereocenters. The second kappa shape index (κ2) is 24.2. The summed E-state index contributed by atoms with van der Waals surface area (Å²) >= 11 is 0. The Balaban J connectivity index is 1.29. The van der Waals surface area contributed by atoms with Gasteiger partial charge in [-0.15, -0.1) is 0 Å². The average Bonchev–Trinajstić information content (AvgIpc) is 3.32. The lowest BCUT2D eigenvalue weighted by atomic mass is 9.95. The number of hydrogen-bond donors (Lipinski definition) is 18. The molecule has 0 bridgehead atoms. The molecule has 0 spiro atoms. The van der Waals surface area contributed by atoms with Gasteiger partial charge < -0.3 is 149 Å². The molecule has 0 saturated carbocycles. The standard InChI is InChI=1S/C38H66O30/c1-3-57-33-25(54)29(18(47)12(6-41)59-33)65-36-26(55)28(15(44)9(2)58-36)64-37-27(56)30(19(48)13(7-42)62-37)66-38-32(68-35-24(53)22(51)17(46)11(5-40)61-35)31(20(49)14(8-43)63-38)67-34-23(52)21(50)16(45)10(4-39)60-34/h9-56H,3-8H2,1-2H3/t9?,10?,11?,12?,13?,14?,15-,16+,17+,18+,19+,20+,21-,22-,23?,24?,25?,26?,27?,28-,29-,30-,31-,32?,33+,34-,35+,36-,37-,38-/m0/s1. The highest BCUT2D eigenvalue weighted by Gasteiger charge is 2.58. The SMILES string of the molecule is CCO[C@@H]1OC(CO)[C@@H](O)[C@H](O[C@@H]2OC(C)[C@H](O)[C@H](O[C@@H]3OC(CO)[C@@H](O)[C@H](O[C@@H]4OC(CO)[C@@H](O)[C@H](O[C@@H]5OC(CO)[C@@H](O)[C@H](O)C5O)C4O[C@H]4OC(CO)[C@@H](O)[C@H](O)C4O)C3O)C2O)C1O. The number of aliphatic hydroxyl groups is 18. The summed E-state index contributed by atoms with van der Waals surface area (Å²) < 4.78 is 68.3. The third-order valence-electron chi connectivity index (χ3n) is 12.7. The molecule has 6 heterocycles. The molecule has 0 aromatic heterocycles. The molecule has 6 rings (SSSR count). The van der Waals surface area contributed by atoms with Gasteiger partial charge in [-0.1, -0.05) is 0 Å². The lowest BCUT2D eigenvalue weighted by Gasteiger charge is -2.51. The van der Waals surface area contributed by atoms with Gasteiger partial charge in [0.25, 0.3) is 0 Å². The summed E-state index contributed by atoms with van der Waals surface area (Å²) in [6.45, 7) is -1.78. The minimum atomic E-state index is -2.25. The molecule has 68 heavy (non-hydrogen) atoms. The van der Waals surface area contributed by atoms with Crippen LogP contribution in [-0.4, -0.2) is 316 Å². The Morgan fingerprint density at radius 1 is 0.294 bits per heavy atom. The van der Waals surface area contributed by atoms with E-state index in [1.165, 1.54) is 6.92 Å². The first-order valence-corrected chi connectivity index (χ1v) is 22.0. The monoisotopic (exact) mass is 1000 g/mol. The Morgan fingerprint density at radius 3 is 1.01 bits per heavy atom. The maximum absolute atomic E-state index is 11.8. The normalized spacial score (nSPS) is 52.8. The Kier molecular flexibility index (Phi) is 20.0. The van der Waals surface area contributed by atoms with E-state index < -0.39 is 217 Å². The van der Waals surface area contributed by atoms with Gasteiger partial charge in [0.2, 0.25) is 0 Å². The Bertz CT molecular complexity index is 1520. The predicted molar refractivity (Wildman–Crippen MR) is 207 cm³/mol. The van der Waals surface area contributed by atoms with Crippen LogP contribution in [0.15, 0.2) is 0 Å². The van der Waals surface area contributed by atoms with Crippen LogP contribution in [0.3, 0.4) is 0 Å². The molecular weight excluding hydrogens is 936 g/mol. The molecule has 6 aliphatic rings. The van der Waals surface area contributed by atoms with Gasteiger partial charge in [0.1, 0.15) is 140 Å². The highest BCUT2D eigenvalue weighted by molar-refractivity contribution is 5.00. The van der Waals surface area contributed by atoms with E-state index in [1.807, 2.05) is 0 Å². The summed E-state index contributed by atoms with van der Waals surface area (Å²) in [5.41, 5.74) is 0. The molecule has 398 valence electrons. The van der Waals surface area contributed by atoms with Crippen molar-refractivity contribution < 1.29 is 149 Å². The van der Waals surface area contributed by atoms with Gasteiger partial charge in [-0.2, -0.15) is 0 Å². The zero-order valence-corrected chi connectivity index (χ0v) is 36.5. The van der Waals surface area contributed by atoms with Crippen LogP contribution in [0, 0.1) is 0 Å². The summed E-state index contributed by atoms with van der Waals surface area (Å²) in [7, 11) is 0. The maximum Gasteiger partial charge on any atom is 0.187 e. The van der Waals surface area contributed by atoms with Crippen molar-refractivity contribution >= 4 is 0 Å². The highest BCUT2D eigenvalue weighted by atomic mass is 16.8. The molecule has 6 aliphatic heterocycles. The zero-order chi connectivity index (χ0) is 50.0. The van der Waals surface area contributed by atoms with Crippen LogP contribution in [0.5, 0.6) is 0 Å². The van der Waals surface area contributed by atoms with Crippen molar-refractivity contribution in [3.63, 3.8) is 0 Å². The van der Waals surface area contributed by atoms with Gasteiger partial charge in [-0.3, -0.25) is 0 Å². The predicted octanol–water partition coefficient (Wildman–Crippen LogP) is -12.0. The van der Waals surface area contributed by atoms with E-state index >= 15 is 0 Å². The van der Waals surface area contributed by atoms with Crippen LogP contribution in [0.2, 0.25) is 0 Å². The molecule has 0 aromatic carbocycles. The molecule has 6 saturated heterocycles. The van der Waals surface area contributed by atoms with Gasteiger partial charge in [0.15, 0.2) is 37.7 Å². The first kappa shape index (κ1) is 56.1. The zero-order valence-electron chi connectivity index (χ0n) is 36.5. The van der Waals surface area contributed by atoms with E-state index in [2.05, 4.69) is 0 Å². The minimum Gasteiger partial charge on any atom is -0.394 e. The van der Waals surface area contributed by atoms with E-state index in [4.69, 9.17) is 56.8 Å². The fourth-order valence-electron chi connectivity index (χ4n) is 8.70. The lowest BCUT2D eigenvalue weighted by molar-refractivity contribution is -0.410. The smallest absolute Gasteiger partial charge is 0.187 e. The van der Waals surface area contributed by atoms with E-state index in [0.717, 1.165) is 0 Å². The fourth-order valence-corrected chi connectivity index (χ4v) is 8.70. The van der Waals surface area contributed by atoms with Crippen LogP contribution < -0.4 is 0 Å². The second-order valence-corrected chi connectivity index (χ2v) is 17.2. The van der Waals surface area contributed by atoms with E-state index in [9.17, 15) is 91.9 Å². The summed E-state index contributed by atoms with van der Waals surface area (Å²) in [4.78, 5) is 0. The molecule has 18 N–H and O–H groups in total. The first-order valence-electron chi connectivity index (χ1n) is 22.0. The first-order chi connectivity index (χ1) is 32.3. The van der Waals surface area contributed by atoms with E-state index in [1.54, 1.807) is 6.92 Å². The molecule has 0 aliphatic carbocycles. The largest absolute Gasteiger partial charge is 0.394 e. The van der Waals surface area contributed by atoms with Crippen molar-refractivity contribution in [2.24, 2.45) is 0 Å². The van der Waals surface area contributed by atoms with Crippen LogP contribution >= 0.6 is 0 Å². The van der Waals surface area contributed by atoms with Gasteiger partial charge in [0, 0.05) is 6.61 Å². The van der Waals surface area contributed by atoms with Crippen molar-refractivity contribution in [3.8, 4) is 0 Å². The van der Waals surface area contributed by atoms with E-state index in [-0.39, 0.29) is 6.61 Å². The van der Waals surface area contributed by atoms with Crippen molar-refractivity contribution in [1.82, 2.24) is 0 Å². The molecule has 30 heteroatoms. The molecule has 30 atom stereocenters. The minimum absolute atomic E-state index is 0.0294. The molecular formula is C38H66O30. The fraction of sp³-hybridized carbons (Fsp3) is 1.00. The van der Waals surface area contributed by atoms with E-state index in [0.29, 0.717) is 0 Å². The number of ether oxygens (including phenoxy) is 12. The molecule has 30 nitrogen and oxygen atoms in total. The van der Waals surface area contributed by atoms with Gasteiger partial charge in [-0.05, 0) is 13.8 Å². The van der Waals surface area contributed by atoms with Gasteiger partial charge >= 0.3 is 0 Å². The summed E-state index contributed by atoms with van der Waals surface area (Å²) in [6.07, 6.45) is -56.5. The number of rotatable bonds is 17. The highest BCUT2D eigenvalue weighted by Crippen LogP contribution is 2.38. The number of aliphatic hydroxyl groups excluding tert-OH is 18. The molecule has 0 amide bonds. The lowest BCUT2D eigenvalue weighted by Crippen LogP contribution is -2.69. The third kappa shape index (κ3) is 11.4. The van der Waals surface area contributed by atoms with Crippen LogP contribution in [0.4, 0.5) is 0 Å². The molecule has 6 fully saturated rings. The second-order valence-electron chi connectivity index (χ2n) is 17.2. The van der Waals surface area contributed by atoms with Crippen molar-refractivity contribution in [2.45, 2.75) is 198 Å². The Labute approximate surface area is 386 Å². The summed E-state index contributed by atoms with van der Waals surface area (Å²) in [5, 5.41) is 193. The summed E-state index contributed by atoms with van der Waals surface area (Å²) in [6, 6.07) is 0. The average molecular weight is 1000 g/mol. The third-order valence-corrected chi connectivity index (χ3v) is 12.7. The van der Waals surface area contributed by atoms with Crippen molar-refractivity contribution in [3.05, 3.63) is 0 Å². The quantitative estimate of drug-likeness (QED) is 0.0643.